The minimum absolute atomic E-state index is 0.128. The molecule has 0 saturated carbocycles. The van der Waals surface area contributed by atoms with E-state index in [1.54, 1.807) is 14.0 Å². The Hall–Kier alpha value is -3.13. The third-order valence-electron chi connectivity index (χ3n) is 7.07. The van der Waals surface area contributed by atoms with Crippen LogP contribution in [-0.4, -0.2) is 64.0 Å². The molecule has 8 nitrogen and oxygen atoms in total. The van der Waals surface area contributed by atoms with E-state index >= 15 is 0 Å². The summed E-state index contributed by atoms with van der Waals surface area (Å²) in [5.74, 6) is 3.01. The van der Waals surface area contributed by atoms with Gasteiger partial charge in [0.2, 0.25) is 5.91 Å². The van der Waals surface area contributed by atoms with Gasteiger partial charge in [-0.3, -0.25) is 9.69 Å². The number of carbonyl (C=O) groups excluding carboxylic acids is 1. The van der Waals surface area contributed by atoms with Crippen LogP contribution in [-0.2, 0) is 31.4 Å². The van der Waals surface area contributed by atoms with Crippen molar-refractivity contribution in [2.75, 3.05) is 39.1 Å². The SMILES string of the molecule is CNc1nc([C@@H]2CCN(C(C)=O)C2)nc2c1CCN(Cc1cn(C)c3cc(OC)ccc13)C2. The lowest BCUT2D eigenvalue weighted by atomic mass is 10.0. The van der Waals surface area contributed by atoms with Crippen LogP contribution in [0.15, 0.2) is 24.4 Å². The number of ether oxygens (including phenoxy) is 1. The summed E-state index contributed by atoms with van der Waals surface area (Å²) in [6, 6.07) is 6.28. The highest BCUT2D eigenvalue weighted by Crippen LogP contribution is 2.31. The largest absolute Gasteiger partial charge is 0.497 e. The fourth-order valence-electron chi connectivity index (χ4n) is 5.23. The van der Waals surface area contributed by atoms with Gasteiger partial charge >= 0.3 is 0 Å². The number of amides is 1. The zero-order valence-corrected chi connectivity index (χ0v) is 19.9. The number of rotatable bonds is 5. The van der Waals surface area contributed by atoms with Crippen molar-refractivity contribution in [1.29, 1.82) is 0 Å². The Bertz CT molecular complexity index is 1200. The molecule has 1 fully saturated rings. The smallest absolute Gasteiger partial charge is 0.219 e. The predicted octanol–water partition coefficient (Wildman–Crippen LogP) is 2.91. The van der Waals surface area contributed by atoms with Crippen molar-refractivity contribution in [2.24, 2.45) is 7.05 Å². The molecule has 33 heavy (non-hydrogen) atoms. The highest BCUT2D eigenvalue weighted by Gasteiger charge is 2.30. The van der Waals surface area contributed by atoms with Gasteiger partial charge in [0.15, 0.2) is 0 Å². The van der Waals surface area contributed by atoms with Gasteiger partial charge in [0, 0.05) is 82.9 Å². The van der Waals surface area contributed by atoms with Crippen molar-refractivity contribution in [3.63, 3.8) is 0 Å². The third kappa shape index (κ3) is 4.04. The molecule has 1 saturated heterocycles. The number of methoxy groups -OCH3 is 1. The van der Waals surface area contributed by atoms with E-state index in [1.165, 1.54) is 22.0 Å². The normalized spacial score (nSPS) is 18.5. The molecule has 2 aromatic heterocycles. The van der Waals surface area contributed by atoms with Gasteiger partial charge in [0.05, 0.1) is 18.3 Å². The van der Waals surface area contributed by atoms with Crippen LogP contribution >= 0.6 is 0 Å². The molecule has 0 aliphatic carbocycles. The number of aryl methyl sites for hydroxylation is 1. The number of aromatic nitrogens is 3. The molecule has 1 N–H and O–H groups in total. The quantitative estimate of drug-likeness (QED) is 0.647. The highest BCUT2D eigenvalue weighted by molar-refractivity contribution is 5.85. The molecule has 0 spiro atoms. The van der Waals surface area contributed by atoms with Gasteiger partial charge in [-0.25, -0.2) is 9.97 Å². The maximum Gasteiger partial charge on any atom is 0.219 e. The summed E-state index contributed by atoms with van der Waals surface area (Å²) in [5, 5.41) is 4.55. The number of benzene rings is 1. The highest BCUT2D eigenvalue weighted by atomic mass is 16.5. The summed E-state index contributed by atoms with van der Waals surface area (Å²) >= 11 is 0. The lowest BCUT2D eigenvalue weighted by Gasteiger charge is -2.29. The molecule has 0 unspecified atom stereocenters. The minimum Gasteiger partial charge on any atom is -0.497 e. The van der Waals surface area contributed by atoms with E-state index in [2.05, 4.69) is 40.2 Å². The number of nitrogens with zero attached hydrogens (tertiary/aromatic N) is 5. The zero-order chi connectivity index (χ0) is 23.1. The molecule has 2 aliphatic rings. The van der Waals surface area contributed by atoms with Gasteiger partial charge in [-0.1, -0.05) is 0 Å². The maximum atomic E-state index is 11.8. The van der Waals surface area contributed by atoms with Crippen LogP contribution in [0.2, 0.25) is 0 Å². The van der Waals surface area contributed by atoms with Crippen LogP contribution in [0.25, 0.3) is 10.9 Å². The summed E-state index contributed by atoms with van der Waals surface area (Å²) < 4.78 is 7.58. The van der Waals surface area contributed by atoms with Crippen molar-refractivity contribution in [3.8, 4) is 5.75 Å². The molecule has 4 heterocycles. The monoisotopic (exact) mass is 448 g/mol. The molecule has 1 aromatic carbocycles. The van der Waals surface area contributed by atoms with Crippen LogP contribution in [0.4, 0.5) is 5.82 Å². The molecule has 0 bridgehead atoms. The van der Waals surface area contributed by atoms with Crippen molar-refractivity contribution in [3.05, 3.63) is 47.0 Å². The van der Waals surface area contributed by atoms with Gasteiger partial charge in [0.1, 0.15) is 17.4 Å². The average molecular weight is 449 g/mol. The van der Waals surface area contributed by atoms with E-state index in [0.717, 1.165) is 62.1 Å². The summed E-state index contributed by atoms with van der Waals surface area (Å²) in [6.45, 7) is 5.77. The second-order valence-corrected chi connectivity index (χ2v) is 9.17. The van der Waals surface area contributed by atoms with Crippen molar-refractivity contribution in [1.82, 2.24) is 24.3 Å². The second kappa shape index (κ2) is 8.67. The molecule has 1 amide bonds. The number of nitrogens with one attached hydrogen (secondary N) is 1. The number of hydrogen-bond acceptors (Lipinski definition) is 6. The van der Waals surface area contributed by atoms with E-state index in [4.69, 9.17) is 14.7 Å². The first-order chi connectivity index (χ1) is 16.0. The topological polar surface area (TPSA) is 75.5 Å². The summed E-state index contributed by atoms with van der Waals surface area (Å²) in [6.07, 6.45) is 4.07. The minimum atomic E-state index is 0.128. The lowest BCUT2D eigenvalue weighted by Crippen LogP contribution is -2.32. The zero-order valence-electron chi connectivity index (χ0n) is 19.9. The van der Waals surface area contributed by atoms with Gasteiger partial charge in [0.25, 0.3) is 0 Å². The first-order valence-electron chi connectivity index (χ1n) is 11.6. The summed E-state index contributed by atoms with van der Waals surface area (Å²) in [4.78, 5) is 26.0. The molecule has 0 radical (unpaired) electrons. The average Bonchev–Trinajstić information content (AvgIpc) is 3.43. The summed E-state index contributed by atoms with van der Waals surface area (Å²) in [5.41, 5.74) is 4.83. The molecule has 8 heteroatoms. The van der Waals surface area contributed by atoms with Gasteiger partial charge in [-0.2, -0.15) is 0 Å². The van der Waals surface area contributed by atoms with Crippen molar-refractivity contribution < 1.29 is 9.53 Å². The Morgan fingerprint density at radius 2 is 2.12 bits per heavy atom. The second-order valence-electron chi connectivity index (χ2n) is 9.17. The number of likely N-dealkylation sites (tertiary alicyclic amines) is 1. The van der Waals surface area contributed by atoms with Gasteiger partial charge < -0.3 is 19.5 Å². The third-order valence-corrected chi connectivity index (χ3v) is 7.07. The van der Waals surface area contributed by atoms with Gasteiger partial charge in [-0.15, -0.1) is 0 Å². The Morgan fingerprint density at radius 3 is 2.85 bits per heavy atom. The van der Waals surface area contributed by atoms with E-state index in [-0.39, 0.29) is 11.8 Å². The predicted molar refractivity (Wildman–Crippen MR) is 128 cm³/mol. The lowest BCUT2D eigenvalue weighted by molar-refractivity contribution is -0.127. The van der Waals surface area contributed by atoms with E-state index < -0.39 is 0 Å². The number of carbonyl (C=O) groups is 1. The fourth-order valence-corrected chi connectivity index (χ4v) is 5.23. The number of anilines is 1. The van der Waals surface area contributed by atoms with E-state index in [0.29, 0.717) is 6.54 Å². The van der Waals surface area contributed by atoms with Crippen LogP contribution in [0.3, 0.4) is 0 Å². The maximum absolute atomic E-state index is 11.8. The first-order valence-corrected chi connectivity index (χ1v) is 11.6. The molecular weight excluding hydrogens is 416 g/mol. The molecule has 5 rings (SSSR count). The Morgan fingerprint density at radius 1 is 1.27 bits per heavy atom. The summed E-state index contributed by atoms with van der Waals surface area (Å²) in [7, 11) is 5.72. The number of hydrogen-bond donors (Lipinski definition) is 1. The fraction of sp³-hybridized carbons (Fsp3) is 0.480. The van der Waals surface area contributed by atoms with Crippen LogP contribution in [0, 0.1) is 0 Å². The molecule has 1 atom stereocenters. The molecular formula is C25H32N6O2. The van der Waals surface area contributed by atoms with E-state index in [9.17, 15) is 4.79 Å². The Labute approximate surface area is 194 Å². The Balaban J connectivity index is 1.39. The molecule has 2 aliphatic heterocycles. The first kappa shape index (κ1) is 21.7. The molecule has 3 aromatic rings. The van der Waals surface area contributed by atoms with Crippen LogP contribution < -0.4 is 10.1 Å². The van der Waals surface area contributed by atoms with Crippen molar-refractivity contribution in [2.45, 2.75) is 38.8 Å². The Kier molecular flexibility index (Phi) is 5.70. The van der Waals surface area contributed by atoms with Crippen molar-refractivity contribution >= 4 is 22.6 Å². The number of fused-ring (bicyclic) bond motifs is 2. The van der Waals surface area contributed by atoms with E-state index in [1.807, 2.05) is 18.0 Å². The van der Waals surface area contributed by atoms with Gasteiger partial charge in [-0.05, 0) is 30.5 Å². The van der Waals surface area contributed by atoms with Crippen LogP contribution in [0.1, 0.15) is 41.9 Å². The standard InChI is InChI=1S/C25H32N6O2/c1-16(32)31-10-7-17(14-31)24-27-22-15-30(9-8-21(22)25(26-2)28-24)13-18-12-29(3)23-11-19(33-4)5-6-20(18)23/h5-6,11-12,17H,7-10,13-15H2,1-4H3,(H,26,27,28)/t17-/m1/s1. The van der Waals surface area contributed by atoms with Crippen LogP contribution in [0.5, 0.6) is 5.75 Å². The molecule has 174 valence electrons.